The van der Waals surface area contributed by atoms with Crippen LogP contribution in [0.3, 0.4) is 0 Å². The second-order valence-corrected chi connectivity index (χ2v) is 6.73. The van der Waals surface area contributed by atoms with E-state index < -0.39 is 0 Å². The fraction of sp³-hybridized carbons (Fsp3) is 0.556. The van der Waals surface area contributed by atoms with Crippen molar-refractivity contribution >= 4 is 11.3 Å². The largest absolute Gasteiger partial charge is 0.149 e. The van der Waals surface area contributed by atoms with E-state index in [1.165, 1.54) is 32.1 Å². The van der Waals surface area contributed by atoms with E-state index in [0.717, 1.165) is 24.7 Å². The quantitative estimate of drug-likeness (QED) is 0.521. The summed E-state index contributed by atoms with van der Waals surface area (Å²) in [6.07, 6.45) is 13.5. The van der Waals surface area contributed by atoms with Gasteiger partial charge in [0.25, 0.3) is 0 Å². The molecule has 0 spiro atoms. The first kappa shape index (κ1) is 14.6. The van der Waals surface area contributed by atoms with Crippen LogP contribution in [-0.4, -0.2) is 0 Å². The van der Waals surface area contributed by atoms with Gasteiger partial charge < -0.3 is 0 Å². The lowest BCUT2D eigenvalue weighted by molar-refractivity contribution is 0.245. The highest BCUT2D eigenvalue weighted by Gasteiger charge is 2.31. The third kappa shape index (κ3) is 3.82. The third-order valence-corrected chi connectivity index (χ3v) is 5.45. The van der Waals surface area contributed by atoms with Crippen LogP contribution in [-0.2, 0) is 0 Å². The maximum atomic E-state index is 3.96. The van der Waals surface area contributed by atoms with E-state index in [1.54, 1.807) is 4.88 Å². The molecule has 2 rings (SSSR count). The summed E-state index contributed by atoms with van der Waals surface area (Å²) >= 11 is 1.94. The Hall–Kier alpha value is -0.820. The molecule has 1 aliphatic rings. The van der Waals surface area contributed by atoms with Crippen molar-refractivity contribution < 1.29 is 0 Å². The molecular formula is C18H26S. The molecule has 1 saturated carbocycles. The van der Waals surface area contributed by atoms with Gasteiger partial charge in [0.1, 0.15) is 0 Å². The summed E-state index contributed by atoms with van der Waals surface area (Å²) in [5, 5.41) is 2.23. The van der Waals surface area contributed by atoms with Crippen LogP contribution in [0.25, 0.3) is 0 Å². The fourth-order valence-electron chi connectivity index (χ4n) is 3.64. The Labute approximate surface area is 122 Å². The van der Waals surface area contributed by atoms with Crippen molar-refractivity contribution in [2.24, 2.45) is 11.8 Å². The maximum Gasteiger partial charge on any atom is 0.00819 e. The molecule has 1 unspecified atom stereocenters. The van der Waals surface area contributed by atoms with Crippen molar-refractivity contribution in [1.82, 2.24) is 0 Å². The molecule has 0 saturated heterocycles. The summed E-state index contributed by atoms with van der Waals surface area (Å²) in [6.45, 7) is 7.92. The molecule has 0 nitrogen and oxygen atoms in total. The number of rotatable bonds is 7. The number of allylic oxidation sites excluding steroid dienone is 2. The highest BCUT2D eigenvalue weighted by molar-refractivity contribution is 7.10. The van der Waals surface area contributed by atoms with Crippen molar-refractivity contribution in [3.05, 3.63) is 47.7 Å². The molecule has 0 bridgehead atoms. The fourth-order valence-corrected chi connectivity index (χ4v) is 4.65. The van der Waals surface area contributed by atoms with Crippen molar-refractivity contribution in [3.8, 4) is 0 Å². The minimum absolute atomic E-state index is 0.691. The topological polar surface area (TPSA) is 0 Å². The Morgan fingerprint density at radius 3 is 2.37 bits per heavy atom. The number of thiophene rings is 1. The first-order valence-corrected chi connectivity index (χ1v) is 8.50. The van der Waals surface area contributed by atoms with Gasteiger partial charge in [-0.15, -0.1) is 24.5 Å². The summed E-state index contributed by atoms with van der Waals surface area (Å²) in [4.78, 5) is 1.58. The van der Waals surface area contributed by atoms with Crippen LogP contribution in [0.15, 0.2) is 42.8 Å². The van der Waals surface area contributed by atoms with Gasteiger partial charge in [0.2, 0.25) is 0 Å². The molecule has 0 amide bonds. The molecule has 104 valence electrons. The van der Waals surface area contributed by atoms with E-state index in [-0.39, 0.29) is 0 Å². The molecule has 0 aromatic carbocycles. The summed E-state index contributed by atoms with van der Waals surface area (Å²) in [5.74, 6) is 2.28. The lowest BCUT2D eigenvalue weighted by Crippen LogP contribution is -2.22. The van der Waals surface area contributed by atoms with Crippen LogP contribution in [0, 0.1) is 11.8 Å². The van der Waals surface area contributed by atoms with Crippen LogP contribution in [0.1, 0.15) is 55.7 Å². The second kappa shape index (κ2) is 7.69. The zero-order chi connectivity index (χ0) is 13.5. The number of hydrogen-bond donors (Lipinski definition) is 0. The van der Waals surface area contributed by atoms with Gasteiger partial charge in [-0.05, 0) is 54.9 Å². The standard InChI is InChI=1S/C18H26S/c1-3-9-15(10-4-2)18(17-13-8-14-19-17)16-11-6-5-7-12-16/h3-4,8,13-16,18H,1-2,5-7,9-12H2. The first-order chi connectivity index (χ1) is 9.36. The zero-order valence-electron chi connectivity index (χ0n) is 11.9. The molecule has 1 atom stereocenters. The smallest absolute Gasteiger partial charge is 0.00819 e. The molecule has 1 aliphatic carbocycles. The molecule has 1 aromatic rings. The Morgan fingerprint density at radius 1 is 1.16 bits per heavy atom. The highest BCUT2D eigenvalue weighted by atomic mass is 32.1. The van der Waals surface area contributed by atoms with Gasteiger partial charge in [-0.25, -0.2) is 0 Å². The van der Waals surface area contributed by atoms with E-state index in [9.17, 15) is 0 Å². The van der Waals surface area contributed by atoms with Crippen LogP contribution in [0.4, 0.5) is 0 Å². The minimum atomic E-state index is 0.691. The molecule has 1 heterocycles. The lowest BCUT2D eigenvalue weighted by atomic mass is 9.71. The molecular weight excluding hydrogens is 248 g/mol. The Kier molecular flexibility index (Phi) is 5.91. The predicted octanol–water partition coefficient (Wildman–Crippen LogP) is 6.18. The minimum Gasteiger partial charge on any atom is -0.149 e. The van der Waals surface area contributed by atoms with Gasteiger partial charge in [-0.3, -0.25) is 0 Å². The van der Waals surface area contributed by atoms with Crippen molar-refractivity contribution in [2.75, 3.05) is 0 Å². The van der Waals surface area contributed by atoms with Crippen LogP contribution in [0.2, 0.25) is 0 Å². The summed E-state index contributed by atoms with van der Waals surface area (Å²) in [7, 11) is 0. The first-order valence-electron chi connectivity index (χ1n) is 7.62. The molecule has 1 heteroatoms. The Balaban J connectivity index is 2.20. The molecule has 0 aliphatic heterocycles. The van der Waals surface area contributed by atoms with E-state index in [2.05, 4.69) is 42.8 Å². The molecule has 19 heavy (non-hydrogen) atoms. The molecule has 1 fully saturated rings. The van der Waals surface area contributed by atoms with Gasteiger partial charge in [-0.2, -0.15) is 0 Å². The SMILES string of the molecule is C=CCC(CC=C)C(c1cccs1)C1CCCCC1. The number of hydrogen-bond acceptors (Lipinski definition) is 1. The molecule has 0 N–H and O–H groups in total. The van der Waals surface area contributed by atoms with Gasteiger partial charge >= 0.3 is 0 Å². The lowest BCUT2D eigenvalue weighted by Gasteiger charge is -2.35. The molecule has 0 radical (unpaired) electrons. The van der Waals surface area contributed by atoms with Gasteiger partial charge in [0.15, 0.2) is 0 Å². The zero-order valence-corrected chi connectivity index (χ0v) is 12.7. The Morgan fingerprint density at radius 2 is 1.84 bits per heavy atom. The predicted molar refractivity (Wildman–Crippen MR) is 86.8 cm³/mol. The van der Waals surface area contributed by atoms with Crippen LogP contribution < -0.4 is 0 Å². The average molecular weight is 274 g/mol. The normalized spacial score (nSPS) is 18.4. The Bertz CT molecular complexity index is 360. The van der Waals surface area contributed by atoms with Crippen molar-refractivity contribution in [2.45, 2.75) is 50.9 Å². The van der Waals surface area contributed by atoms with Crippen LogP contribution >= 0.6 is 11.3 Å². The van der Waals surface area contributed by atoms with Gasteiger partial charge in [0.05, 0.1) is 0 Å². The monoisotopic (exact) mass is 274 g/mol. The highest BCUT2D eigenvalue weighted by Crippen LogP contribution is 2.44. The van der Waals surface area contributed by atoms with Crippen LogP contribution in [0.5, 0.6) is 0 Å². The van der Waals surface area contributed by atoms with E-state index in [1.807, 2.05) is 11.3 Å². The van der Waals surface area contributed by atoms with E-state index >= 15 is 0 Å². The summed E-state index contributed by atoms with van der Waals surface area (Å²) in [6, 6.07) is 4.54. The summed E-state index contributed by atoms with van der Waals surface area (Å²) in [5.41, 5.74) is 0. The third-order valence-electron chi connectivity index (χ3n) is 4.48. The van der Waals surface area contributed by atoms with E-state index in [4.69, 9.17) is 0 Å². The average Bonchev–Trinajstić information content (AvgIpc) is 2.95. The van der Waals surface area contributed by atoms with E-state index in [0.29, 0.717) is 5.92 Å². The second-order valence-electron chi connectivity index (χ2n) is 5.75. The molecule has 1 aromatic heterocycles. The summed E-state index contributed by atoms with van der Waals surface area (Å²) < 4.78 is 0. The van der Waals surface area contributed by atoms with Gasteiger partial charge in [-0.1, -0.05) is 37.5 Å². The van der Waals surface area contributed by atoms with Crippen molar-refractivity contribution in [1.29, 1.82) is 0 Å². The maximum absolute atomic E-state index is 3.96. The van der Waals surface area contributed by atoms with Crippen molar-refractivity contribution in [3.63, 3.8) is 0 Å². The van der Waals surface area contributed by atoms with Gasteiger partial charge in [0, 0.05) is 4.88 Å².